The van der Waals surface area contributed by atoms with Crippen molar-refractivity contribution in [2.45, 2.75) is 174 Å². The lowest BCUT2D eigenvalue weighted by Gasteiger charge is -2.15. The number of rotatable bonds is 36. The Kier molecular flexibility index (Phi) is 39.7. The summed E-state index contributed by atoms with van der Waals surface area (Å²) in [6, 6.07) is 0. The number of allylic oxidation sites excluding steroid dienone is 16. The molecule has 1 unspecified atom stereocenters. The van der Waals surface area contributed by atoms with Crippen LogP contribution in [0.25, 0.3) is 0 Å². The molecule has 0 saturated carbocycles. The van der Waals surface area contributed by atoms with Crippen LogP contribution in [0.15, 0.2) is 97.2 Å². The summed E-state index contributed by atoms with van der Waals surface area (Å²) in [7, 11) is 0. The van der Waals surface area contributed by atoms with Crippen LogP contribution in [0.3, 0.4) is 0 Å². The van der Waals surface area contributed by atoms with Gasteiger partial charge in [0.05, 0.1) is 6.61 Å². The molecule has 1 N–H and O–H groups in total. The highest BCUT2D eigenvalue weighted by atomic mass is 16.6. The fraction of sp³-hybridized carbons (Fsp3) is 0.617. The Hall–Kier alpha value is -3.18. The number of carbonyl (C=O) groups excluding carboxylic acids is 2. The molecule has 1 atom stereocenters. The quantitative estimate of drug-likeness (QED) is 0.0396. The van der Waals surface area contributed by atoms with Gasteiger partial charge in [-0.25, -0.2) is 0 Å². The zero-order chi connectivity index (χ0) is 37.8. The molecule has 0 aliphatic heterocycles. The molecule has 0 aromatic heterocycles. The molecule has 0 rings (SSSR count). The van der Waals surface area contributed by atoms with E-state index in [2.05, 4.69) is 111 Å². The Bertz CT molecular complexity index is 1040. The van der Waals surface area contributed by atoms with Crippen molar-refractivity contribution in [3.05, 3.63) is 97.2 Å². The summed E-state index contributed by atoms with van der Waals surface area (Å²) >= 11 is 0. The maximum absolute atomic E-state index is 12.2. The lowest BCUT2D eigenvalue weighted by molar-refractivity contribution is -0.161. The number of carbonyl (C=O) groups is 2. The molecule has 0 saturated heterocycles. The van der Waals surface area contributed by atoms with Crippen molar-refractivity contribution < 1.29 is 24.2 Å². The summed E-state index contributed by atoms with van der Waals surface area (Å²) in [5.41, 5.74) is 0. The van der Waals surface area contributed by atoms with Gasteiger partial charge in [0.15, 0.2) is 6.10 Å². The SMILES string of the molecule is CC/C=C\C/C=C\C/C=C\C/C=C\C/C=C\CCCCCCCCCC(=O)OC(CO)COC(=O)CCCCCCC/C=C\C/C=C\C/C=C\CC. The van der Waals surface area contributed by atoms with Crippen LogP contribution in [-0.4, -0.2) is 36.4 Å². The predicted molar refractivity (Wildman–Crippen MR) is 223 cm³/mol. The molecule has 0 fully saturated rings. The van der Waals surface area contributed by atoms with Crippen LogP contribution in [0.4, 0.5) is 0 Å². The number of unbranched alkanes of at least 4 members (excludes halogenated alkanes) is 12. The van der Waals surface area contributed by atoms with Crippen molar-refractivity contribution in [1.82, 2.24) is 0 Å². The van der Waals surface area contributed by atoms with E-state index >= 15 is 0 Å². The first kappa shape index (κ1) is 48.8. The molecule has 5 heteroatoms. The largest absolute Gasteiger partial charge is 0.462 e. The molecule has 0 bridgehead atoms. The normalized spacial score (nSPS) is 13.2. The fourth-order valence-corrected chi connectivity index (χ4v) is 5.30. The Morgan fingerprint density at radius 3 is 1.15 bits per heavy atom. The third-order valence-electron chi connectivity index (χ3n) is 8.37. The maximum atomic E-state index is 12.2. The van der Waals surface area contributed by atoms with Crippen molar-refractivity contribution >= 4 is 11.9 Å². The van der Waals surface area contributed by atoms with Crippen LogP contribution < -0.4 is 0 Å². The first-order valence-corrected chi connectivity index (χ1v) is 20.8. The van der Waals surface area contributed by atoms with Gasteiger partial charge in [0, 0.05) is 12.8 Å². The van der Waals surface area contributed by atoms with E-state index in [1.54, 1.807) is 0 Å². The molecule has 0 aliphatic carbocycles. The number of ether oxygens (including phenoxy) is 2. The van der Waals surface area contributed by atoms with Gasteiger partial charge in [-0.3, -0.25) is 9.59 Å². The predicted octanol–water partition coefficient (Wildman–Crippen LogP) is 13.3. The highest BCUT2D eigenvalue weighted by Gasteiger charge is 2.16. The van der Waals surface area contributed by atoms with Gasteiger partial charge in [-0.15, -0.1) is 0 Å². The van der Waals surface area contributed by atoms with Gasteiger partial charge in [-0.1, -0.05) is 162 Å². The molecular weight excluding hydrogens is 645 g/mol. The molecule has 0 aliphatic rings. The minimum Gasteiger partial charge on any atom is -0.462 e. The number of aliphatic hydroxyl groups is 1. The Labute approximate surface area is 319 Å². The van der Waals surface area contributed by atoms with E-state index in [1.165, 1.54) is 32.1 Å². The van der Waals surface area contributed by atoms with E-state index in [1.807, 2.05) is 0 Å². The first-order valence-electron chi connectivity index (χ1n) is 20.8. The first-order chi connectivity index (χ1) is 25.6. The summed E-state index contributed by atoms with van der Waals surface area (Å²) in [4.78, 5) is 24.3. The topological polar surface area (TPSA) is 72.8 Å². The van der Waals surface area contributed by atoms with E-state index in [4.69, 9.17) is 9.47 Å². The second-order valence-electron chi connectivity index (χ2n) is 13.3. The number of esters is 2. The summed E-state index contributed by atoms with van der Waals surface area (Å²) in [6.07, 6.45) is 59.0. The smallest absolute Gasteiger partial charge is 0.306 e. The summed E-state index contributed by atoms with van der Waals surface area (Å²) < 4.78 is 10.6. The zero-order valence-corrected chi connectivity index (χ0v) is 33.3. The average Bonchev–Trinajstić information content (AvgIpc) is 3.15. The summed E-state index contributed by atoms with van der Waals surface area (Å²) in [5, 5.41) is 9.57. The van der Waals surface area contributed by atoms with Gasteiger partial charge in [0.25, 0.3) is 0 Å². The van der Waals surface area contributed by atoms with Gasteiger partial charge in [0.2, 0.25) is 0 Å². The van der Waals surface area contributed by atoms with E-state index in [0.29, 0.717) is 12.8 Å². The van der Waals surface area contributed by atoms with Gasteiger partial charge in [-0.05, 0) is 89.9 Å². The minimum absolute atomic E-state index is 0.0857. The van der Waals surface area contributed by atoms with Crippen molar-refractivity contribution in [2.75, 3.05) is 13.2 Å². The van der Waals surface area contributed by atoms with E-state index in [0.717, 1.165) is 109 Å². The third kappa shape index (κ3) is 39.6. The Morgan fingerprint density at radius 2 is 0.769 bits per heavy atom. The van der Waals surface area contributed by atoms with Crippen molar-refractivity contribution in [3.8, 4) is 0 Å². The lowest BCUT2D eigenvalue weighted by atomic mass is 10.1. The second kappa shape index (κ2) is 42.2. The summed E-state index contributed by atoms with van der Waals surface area (Å²) in [6.45, 7) is 3.87. The Balaban J connectivity index is 3.63. The van der Waals surface area contributed by atoms with Crippen LogP contribution in [-0.2, 0) is 19.1 Å². The molecule has 0 spiro atoms. The van der Waals surface area contributed by atoms with Crippen LogP contribution in [0.1, 0.15) is 168 Å². The second-order valence-corrected chi connectivity index (χ2v) is 13.3. The van der Waals surface area contributed by atoms with E-state index < -0.39 is 6.10 Å². The highest BCUT2D eigenvalue weighted by molar-refractivity contribution is 5.70. The maximum Gasteiger partial charge on any atom is 0.306 e. The molecule has 0 radical (unpaired) electrons. The van der Waals surface area contributed by atoms with E-state index in [-0.39, 0.29) is 25.2 Å². The molecule has 5 nitrogen and oxygen atoms in total. The summed E-state index contributed by atoms with van der Waals surface area (Å²) in [5.74, 6) is -0.633. The zero-order valence-electron chi connectivity index (χ0n) is 33.3. The molecular formula is C47H76O5. The molecule has 0 heterocycles. The van der Waals surface area contributed by atoms with Gasteiger partial charge in [0.1, 0.15) is 6.61 Å². The lowest BCUT2D eigenvalue weighted by Crippen LogP contribution is -2.28. The van der Waals surface area contributed by atoms with Crippen molar-refractivity contribution in [3.63, 3.8) is 0 Å². The standard InChI is InChI=1S/C47H76O5/c1-3-5-7-9-11-13-15-17-19-20-21-22-23-24-25-26-28-30-32-34-36-38-40-42-47(50)52-45(43-48)44-51-46(49)41-39-37-35-33-31-29-27-18-16-14-12-10-8-6-4-2/h5-8,11-14,17-19,21-22,24-25,27,45,48H,3-4,9-10,15-16,20,23,26,28-44H2,1-2H3/b7-5-,8-6-,13-11-,14-12-,19-17-,22-21-,25-24-,27-18-. The monoisotopic (exact) mass is 721 g/mol. The van der Waals surface area contributed by atoms with Crippen LogP contribution in [0.2, 0.25) is 0 Å². The molecule has 52 heavy (non-hydrogen) atoms. The van der Waals surface area contributed by atoms with Crippen molar-refractivity contribution in [2.24, 2.45) is 0 Å². The minimum atomic E-state index is -0.791. The van der Waals surface area contributed by atoms with Crippen molar-refractivity contribution in [1.29, 1.82) is 0 Å². The van der Waals surface area contributed by atoms with Crippen LogP contribution >= 0.6 is 0 Å². The molecule has 0 aromatic carbocycles. The number of hydrogen-bond donors (Lipinski definition) is 1. The Morgan fingerprint density at radius 1 is 0.442 bits per heavy atom. The van der Waals surface area contributed by atoms with Crippen LogP contribution in [0.5, 0.6) is 0 Å². The number of aliphatic hydroxyl groups excluding tert-OH is 1. The highest BCUT2D eigenvalue weighted by Crippen LogP contribution is 2.12. The van der Waals surface area contributed by atoms with Crippen LogP contribution in [0, 0.1) is 0 Å². The fourth-order valence-electron chi connectivity index (χ4n) is 5.30. The van der Waals surface area contributed by atoms with Gasteiger partial charge >= 0.3 is 11.9 Å². The molecule has 294 valence electrons. The number of hydrogen-bond acceptors (Lipinski definition) is 5. The van der Waals surface area contributed by atoms with Gasteiger partial charge < -0.3 is 14.6 Å². The third-order valence-corrected chi connectivity index (χ3v) is 8.37. The molecule has 0 amide bonds. The van der Waals surface area contributed by atoms with E-state index in [9.17, 15) is 14.7 Å². The average molecular weight is 721 g/mol. The molecule has 0 aromatic rings. The van der Waals surface area contributed by atoms with Gasteiger partial charge in [-0.2, -0.15) is 0 Å².